The lowest BCUT2D eigenvalue weighted by molar-refractivity contribution is -0.174. The number of aromatic nitrogens is 2. The molecule has 116 valence electrons. The average molecular weight is 295 g/mol. The fourth-order valence-corrected chi connectivity index (χ4v) is 1.55. The van der Waals surface area contributed by atoms with E-state index in [0.29, 0.717) is 26.1 Å². The Bertz CT molecular complexity index is 369. The lowest BCUT2D eigenvalue weighted by atomic mass is 10.4. The first-order valence-electron chi connectivity index (χ1n) is 6.36. The maximum Gasteiger partial charge on any atom is 0.411 e. The number of methoxy groups -OCH3 is 1. The van der Waals surface area contributed by atoms with Gasteiger partial charge in [0.2, 0.25) is 0 Å². The summed E-state index contributed by atoms with van der Waals surface area (Å²) in [5.74, 6) is 0. The molecule has 0 spiro atoms. The third-order valence-corrected chi connectivity index (χ3v) is 2.45. The Labute approximate surface area is 116 Å². The summed E-state index contributed by atoms with van der Waals surface area (Å²) in [5.41, 5.74) is 0.886. The number of nitrogens with zero attached hydrogens (tertiary/aromatic N) is 2. The highest BCUT2D eigenvalue weighted by atomic mass is 19.4. The van der Waals surface area contributed by atoms with Crippen molar-refractivity contribution in [2.75, 3.05) is 33.5 Å². The Morgan fingerprint density at radius 1 is 1.35 bits per heavy atom. The van der Waals surface area contributed by atoms with Crippen LogP contribution in [0.5, 0.6) is 0 Å². The van der Waals surface area contributed by atoms with E-state index >= 15 is 0 Å². The van der Waals surface area contributed by atoms with Gasteiger partial charge in [-0.15, -0.1) is 0 Å². The van der Waals surface area contributed by atoms with Gasteiger partial charge in [0.05, 0.1) is 18.6 Å². The summed E-state index contributed by atoms with van der Waals surface area (Å²) < 4.78 is 46.8. The van der Waals surface area contributed by atoms with Crippen molar-refractivity contribution in [2.45, 2.75) is 25.7 Å². The van der Waals surface area contributed by atoms with E-state index in [1.807, 2.05) is 10.8 Å². The van der Waals surface area contributed by atoms with Crippen molar-refractivity contribution in [1.29, 1.82) is 0 Å². The minimum Gasteiger partial charge on any atom is -0.383 e. The second kappa shape index (κ2) is 8.93. The minimum absolute atomic E-state index is 0.0825. The minimum atomic E-state index is -4.25. The van der Waals surface area contributed by atoms with Gasteiger partial charge in [0.1, 0.15) is 6.61 Å². The van der Waals surface area contributed by atoms with Gasteiger partial charge in [0.15, 0.2) is 0 Å². The topological polar surface area (TPSA) is 48.3 Å². The van der Waals surface area contributed by atoms with Crippen LogP contribution in [0.1, 0.15) is 12.1 Å². The molecule has 0 aliphatic heterocycles. The van der Waals surface area contributed by atoms with Crippen LogP contribution in [0.3, 0.4) is 0 Å². The third-order valence-electron chi connectivity index (χ3n) is 2.45. The van der Waals surface area contributed by atoms with Crippen molar-refractivity contribution >= 4 is 0 Å². The van der Waals surface area contributed by atoms with Crippen molar-refractivity contribution < 1.29 is 22.6 Å². The Morgan fingerprint density at radius 3 is 2.85 bits per heavy atom. The third kappa shape index (κ3) is 8.13. The summed E-state index contributed by atoms with van der Waals surface area (Å²) in [6.07, 6.45) is -0.209. The summed E-state index contributed by atoms with van der Waals surface area (Å²) in [5, 5.41) is 3.16. The van der Waals surface area contributed by atoms with E-state index in [1.165, 1.54) is 0 Å². The summed E-state index contributed by atoms with van der Waals surface area (Å²) in [6, 6.07) is 0. The first-order chi connectivity index (χ1) is 9.51. The fraction of sp³-hybridized carbons (Fsp3) is 0.750. The van der Waals surface area contributed by atoms with Crippen LogP contribution in [-0.2, 0) is 22.6 Å². The number of halogens is 3. The van der Waals surface area contributed by atoms with Gasteiger partial charge in [-0.2, -0.15) is 13.2 Å². The van der Waals surface area contributed by atoms with Crippen LogP contribution in [-0.4, -0.2) is 49.2 Å². The molecular weight excluding hydrogens is 275 g/mol. The molecule has 20 heavy (non-hydrogen) atoms. The highest BCUT2D eigenvalue weighted by Crippen LogP contribution is 2.14. The van der Waals surface area contributed by atoms with E-state index in [-0.39, 0.29) is 6.61 Å². The van der Waals surface area contributed by atoms with E-state index in [0.717, 1.165) is 12.2 Å². The standard InChI is InChI=1S/C12H20F3N3O2/c1-19-6-3-16-7-11-8-18(10-17-11)4-2-5-20-9-12(13,14)15/h8,10,16H,2-7,9H2,1H3. The van der Waals surface area contributed by atoms with Gasteiger partial charge in [-0.05, 0) is 6.42 Å². The van der Waals surface area contributed by atoms with E-state index in [1.54, 1.807) is 13.4 Å². The van der Waals surface area contributed by atoms with Gasteiger partial charge in [0, 0.05) is 39.5 Å². The second-order valence-corrected chi connectivity index (χ2v) is 4.29. The zero-order chi connectivity index (χ0) is 14.8. The van der Waals surface area contributed by atoms with Crippen molar-refractivity contribution in [2.24, 2.45) is 0 Å². The largest absolute Gasteiger partial charge is 0.411 e. The zero-order valence-electron chi connectivity index (χ0n) is 11.4. The zero-order valence-corrected chi connectivity index (χ0v) is 11.4. The van der Waals surface area contributed by atoms with Crippen LogP contribution < -0.4 is 5.32 Å². The normalized spacial score (nSPS) is 12.0. The smallest absolute Gasteiger partial charge is 0.383 e. The molecule has 0 radical (unpaired) electrons. The van der Waals surface area contributed by atoms with Gasteiger partial charge in [-0.25, -0.2) is 4.98 Å². The summed E-state index contributed by atoms with van der Waals surface area (Å²) in [4.78, 5) is 4.19. The highest BCUT2D eigenvalue weighted by Gasteiger charge is 2.27. The number of nitrogens with one attached hydrogen (secondary N) is 1. The molecule has 8 heteroatoms. The highest BCUT2D eigenvalue weighted by molar-refractivity contribution is 4.95. The molecule has 0 amide bonds. The van der Waals surface area contributed by atoms with Gasteiger partial charge in [-0.1, -0.05) is 0 Å². The number of hydrogen-bond acceptors (Lipinski definition) is 4. The number of ether oxygens (including phenoxy) is 2. The molecule has 1 aromatic heterocycles. The first kappa shape index (κ1) is 16.9. The summed E-state index contributed by atoms with van der Waals surface area (Å²) >= 11 is 0. The molecule has 0 saturated carbocycles. The molecule has 0 aromatic carbocycles. The lowest BCUT2D eigenvalue weighted by Gasteiger charge is -2.07. The van der Waals surface area contributed by atoms with Crippen LogP contribution in [0.25, 0.3) is 0 Å². The van der Waals surface area contributed by atoms with Crippen LogP contribution in [0.4, 0.5) is 13.2 Å². The molecule has 1 rings (SSSR count). The summed E-state index contributed by atoms with van der Waals surface area (Å²) in [7, 11) is 1.64. The van der Waals surface area contributed by atoms with Crippen molar-refractivity contribution in [3.8, 4) is 0 Å². The molecule has 0 saturated heterocycles. The Morgan fingerprint density at radius 2 is 2.15 bits per heavy atom. The number of rotatable bonds is 10. The van der Waals surface area contributed by atoms with Crippen LogP contribution in [0, 0.1) is 0 Å². The molecule has 0 unspecified atom stereocenters. The molecule has 0 aliphatic rings. The molecule has 5 nitrogen and oxygen atoms in total. The maximum absolute atomic E-state index is 11.8. The van der Waals surface area contributed by atoms with E-state index in [4.69, 9.17) is 4.74 Å². The van der Waals surface area contributed by atoms with Gasteiger partial charge < -0.3 is 19.4 Å². The molecule has 0 bridgehead atoms. The van der Waals surface area contributed by atoms with Gasteiger partial charge in [-0.3, -0.25) is 0 Å². The second-order valence-electron chi connectivity index (χ2n) is 4.29. The van der Waals surface area contributed by atoms with Crippen molar-refractivity contribution in [3.05, 3.63) is 18.2 Å². The molecule has 0 atom stereocenters. The quantitative estimate of drug-likeness (QED) is 0.666. The lowest BCUT2D eigenvalue weighted by Crippen LogP contribution is -2.18. The summed E-state index contributed by atoms with van der Waals surface area (Å²) in [6.45, 7) is 1.50. The Balaban J connectivity index is 2.11. The van der Waals surface area contributed by atoms with Crippen molar-refractivity contribution in [3.63, 3.8) is 0 Å². The van der Waals surface area contributed by atoms with Crippen LogP contribution >= 0.6 is 0 Å². The SMILES string of the molecule is COCCNCc1cn(CCCOCC(F)(F)F)cn1. The number of alkyl halides is 3. The first-order valence-corrected chi connectivity index (χ1v) is 6.36. The molecule has 1 aromatic rings. The predicted octanol–water partition coefficient (Wildman–Crippen LogP) is 1.59. The van der Waals surface area contributed by atoms with E-state index < -0.39 is 12.8 Å². The molecule has 0 aliphatic carbocycles. The number of imidazole rings is 1. The molecule has 0 fully saturated rings. The maximum atomic E-state index is 11.8. The fourth-order valence-electron chi connectivity index (χ4n) is 1.55. The monoisotopic (exact) mass is 295 g/mol. The average Bonchev–Trinajstić information content (AvgIpc) is 2.81. The molecule has 1 heterocycles. The van der Waals surface area contributed by atoms with Crippen LogP contribution in [0.15, 0.2) is 12.5 Å². The Kier molecular flexibility index (Phi) is 7.56. The molecule has 1 N–H and O–H groups in total. The van der Waals surface area contributed by atoms with Gasteiger partial charge >= 0.3 is 6.18 Å². The predicted molar refractivity (Wildman–Crippen MR) is 67.3 cm³/mol. The van der Waals surface area contributed by atoms with Crippen LogP contribution in [0.2, 0.25) is 0 Å². The Hall–Kier alpha value is -1.12. The molecular formula is C12H20F3N3O2. The number of hydrogen-bond donors (Lipinski definition) is 1. The van der Waals surface area contributed by atoms with E-state index in [9.17, 15) is 13.2 Å². The number of aryl methyl sites for hydroxylation is 1. The van der Waals surface area contributed by atoms with Crippen molar-refractivity contribution in [1.82, 2.24) is 14.9 Å². The van der Waals surface area contributed by atoms with E-state index in [2.05, 4.69) is 15.0 Å². The van der Waals surface area contributed by atoms with Gasteiger partial charge in [0.25, 0.3) is 0 Å².